The SMILES string of the molecule is CCCc1ccc2ccc3[n+](c2c1)Cc1c(C)cc(C)cc1-3.Cc1cc(C)c2c(c1)-c1ccc3c(C)cccc3[n+]1C2.Cc1cc(C)c2c(c1)-c1ccc3ccc(C(C)C)cc3[n+]1C2.Cc1cc(C)c2c(c1)-c1ccc3ccc(CC(C)C)cc3[n+]1C2. The first-order valence-corrected chi connectivity index (χ1v) is 32.1. The molecule has 4 aliphatic rings. The van der Waals surface area contributed by atoms with Gasteiger partial charge in [0.15, 0.2) is 26.2 Å². The lowest BCUT2D eigenvalue weighted by Crippen LogP contribution is -2.33. The predicted octanol–water partition coefficient (Wildman–Crippen LogP) is 18.7. The minimum atomic E-state index is 0.564. The molecule has 4 heteroatoms. The van der Waals surface area contributed by atoms with Gasteiger partial charge in [-0.15, -0.1) is 0 Å². The van der Waals surface area contributed by atoms with E-state index in [-0.39, 0.29) is 0 Å². The van der Waals surface area contributed by atoms with Crippen LogP contribution in [0.2, 0.25) is 0 Å². The molecule has 0 spiro atoms. The van der Waals surface area contributed by atoms with E-state index in [0.29, 0.717) is 11.8 Å². The van der Waals surface area contributed by atoms with E-state index in [2.05, 4.69) is 285 Å². The largest absolute Gasteiger partial charge is 0.213 e. The highest BCUT2D eigenvalue weighted by Gasteiger charge is 2.34. The van der Waals surface area contributed by atoms with Gasteiger partial charge in [-0.1, -0.05) is 95.6 Å². The van der Waals surface area contributed by atoms with Gasteiger partial charge >= 0.3 is 0 Å². The molecule has 434 valence electrons. The van der Waals surface area contributed by atoms with Gasteiger partial charge in [-0.25, -0.2) is 0 Å². The first kappa shape index (κ1) is 57.5. The second-order valence-electron chi connectivity index (χ2n) is 26.8. The Labute approximate surface area is 517 Å². The lowest BCUT2D eigenvalue weighted by atomic mass is 9.99. The van der Waals surface area contributed by atoms with E-state index in [1.807, 2.05) is 0 Å². The molecular weight excluding hydrogens is 1050 g/mol. The van der Waals surface area contributed by atoms with Gasteiger partial charge in [0, 0.05) is 92.3 Å². The Morgan fingerprint density at radius 2 is 0.713 bits per heavy atom. The second kappa shape index (κ2) is 22.9. The van der Waals surface area contributed by atoms with Crippen LogP contribution in [0.1, 0.15) is 136 Å². The van der Waals surface area contributed by atoms with Crippen molar-refractivity contribution in [2.45, 2.75) is 148 Å². The van der Waals surface area contributed by atoms with Gasteiger partial charge in [-0.3, -0.25) is 0 Å². The zero-order valence-corrected chi connectivity index (χ0v) is 54.1. The average molecular weight is 1140 g/mol. The number of aryl methyl sites for hydroxylation is 10. The van der Waals surface area contributed by atoms with Crippen LogP contribution in [-0.4, -0.2) is 0 Å². The summed E-state index contributed by atoms with van der Waals surface area (Å²) >= 11 is 0. The Kier molecular flexibility index (Phi) is 15.1. The molecule has 16 rings (SSSR count). The first-order valence-electron chi connectivity index (χ1n) is 32.1. The van der Waals surface area contributed by atoms with Crippen molar-refractivity contribution in [2.24, 2.45) is 5.92 Å². The van der Waals surface area contributed by atoms with Gasteiger partial charge in [0.2, 0.25) is 44.8 Å². The van der Waals surface area contributed by atoms with Crippen LogP contribution in [0.4, 0.5) is 0 Å². The van der Waals surface area contributed by atoms with Gasteiger partial charge in [0.1, 0.15) is 0 Å². The van der Waals surface area contributed by atoms with Crippen LogP contribution < -0.4 is 18.3 Å². The lowest BCUT2D eigenvalue weighted by molar-refractivity contribution is -0.646. The van der Waals surface area contributed by atoms with Crippen molar-refractivity contribution in [3.05, 3.63) is 259 Å². The molecule has 0 unspecified atom stereocenters. The van der Waals surface area contributed by atoms with E-state index >= 15 is 0 Å². The molecule has 0 aliphatic carbocycles. The first-order chi connectivity index (χ1) is 41.9. The van der Waals surface area contributed by atoms with Gasteiger partial charge in [-0.2, -0.15) is 18.3 Å². The van der Waals surface area contributed by atoms with Crippen molar-refractivity contribution in [3.8, 4) is 45.0 Å². The van der Waals surface area contributed by atoms with Gasteiger partial charge in [0.05, 0.1) is 22.3 Å². The van der Waals surface area contributed by atoms with E-state index in [4.69, 9.17) is 0 Å². The Hall–Kier alpha value is -8.60. The highest BCUT2D eigenvalue weighted by molar-refractivity contribution is 5.84. The van der Waals surface area contributed by atoms with Crippen LogP contribution in [0.5, 0.6) is 0 Å². The number of pyridine rings is 4. The van der Waals surface area contributed by atoms with E-state index in [0.717, 1.165) is 39.0 Å². The Bertz CT molecular complexity index is 4780. The van der Waals surface area contributed by atoms with Crippen molar-refractivity contribution in [1.82, 2.24) is 0 Å². The molecule has 4 aliphatic heterocycles. The molecule has 0 saturated carbocycles. The van der Waals surface area contributed by atoms with E-state index in [1.54, 1.807) is 0 Å². The van der Waals surface area contributed by atoms with E-state index in [9.17, 15) is 0 Å². The molecule has 12 aromatic rings. The average Bonchev–Trinajstić information content (AvgIpc) is 1.94. The minimum absolute atomic E-state index is 0.564. The summed E-state index contributed by atoms with van der Waals surface area (Å²) in [6.07, 6.45) is 3.50. The maximum atomic E-state index is 2.50. The topological polar surface area (TPSA) is 15.5 Å². The quantitative estimate of drug-likeness (QED) is 0.153. The fourth-order valence-corrected chi connectivity index (χ4v) is 14.9. The maximum absolute atomic E-state index is 2.50. The maximum Gasteiger partial charge on any atom is 0.213 e. The van der Waals surface area contributed by atoms with Gasteiger partial charge in [-0.05, 0) is 220 Å². The normalized spacial score (nSPS) is 12.6. The zero-order valence-electron chi connectivity index (χ0n) is 54.1. The van der Waals surface area contributed by atoms with Crippen molar-refractivity contribution >= 4 is 43.6 Å². The molecule has 4 aromatic heterocycles. The second-order valence-corrected chi connectivity index (χ2v) is 26.8. The molecule has 4 nitrogen and oxygen atoms in total. The zero-order chi connectivity index (χ0) is 60.7. The molecule has 0 fully saturated rings. The summed E-state index contributed by atoms with van der Waals surface area (Å²) in [5.41, 5.74) is 39.1. The predicted molar refractivity (Wildman–Crippen MR) is 364 cm³/mol. The highest BCUT2D eigenvalue weighted by atomic mass is 15.0. The van der Waals surface area contributed by atoms with Crippen LogP contribution in [0.25, 0.3) is 88.6 Å². The van der Waals surface area contributed by atoms with Crippen LogP contribution in [-0.2, 0) is 39.0 Å². The third-order valence-electron chi connectivity index (χ3n) is 19.2. The summed E-state index contributed by atoms with van der Waals surface area (Å²) in [6, 6.07) is 64.1. The highest BCUT2D eigenvalue weighted by Crippen LogP contribution is 2.37. The number of hydrogen-bond donors (Lipinski definition) is 0. The Morgan fingerprint density at radius 3 is 1.13 bits per heavy atom. The Morgan fingerprint density at radius 1 is 0.345 bits per heavy atom. The smallest absolute Gasteiger partial charge is 0.187 e. The molecule has 87 heavy (non-hydrogen) atoms. The summed E-state index contributed by atoms with van der Waals surface area (Å²) in [4.78, 5) is 0. The fraction of sp³-hybridized carbons (Fsp3) is 0.277. The van der Waals surface area contributed by atoms with Crippen molar-refractivity contribution in [3.63, 3.8) is 0 Å². The third-order valence-corrected chi connectivity index (χ3v) is 19.2. The van der Waals surface area contributed by atoms with Gasteiger partial charge in [0.25, 0.3) is 0 Å². The molecule has 8 aromatic carbocycles. The summed E-state index contributed by atoms with van der Waals surface area (Å²) < 4.78 is 9.93. The molecule has 0 N–H and O–H groups in total. The monoisotopic (exact) mass is 1140 g/mol. The number of nitrogens with zero attached hydrogens (tertiary/aromatic N) is 4. The molecule has 0 saturated heterocycles. The molecule has 0 atom stereocenters. The molecule has 8 heterocycles. The number of benzene rings is 8. The number of rotatable bonds is 5. The molecule has 0 bridgehead atoms. The molecule has 0 radical (unpaired) electrons. The lowest BCUT2D eigenvalue weighted by Gasteiger charge is -2.06. The van der Waals surface area contributed by atoms with E-state index < -0.39 is 0 Å². The number of hydrogen-bond acceptors (Lipinski definition) is 0. The van der Waals surface area contributed by atoms with Crippen molar-refractivity contribution < 1.29 is 18.3 Å². The van der Waals surface area contributed by atoms with Gasteiger partial charge < -0.3 is 0 Å². The molecule has 0 amide bonds. The summed E-state index contributed by atoms with van der Waals surface area (Å²) in [5, 5.41) is 5.36. The Balaban J connectivity index is 0.000000107. The van der Waals surface area contributed by atoms with Crippen molar-refractivity contribution in [1.29, 1.82) is 0 Å². The standard InChI is InChI=1S/C22H24N.2C21H22N.C19H18N/c1-14(2)9-17-5-6-18-7-8-21-19-11-15(3)10-16(4)20(19)13-23(21)22(18)12-17;1-13(2)17-6-5-16-7-8-20-18-10-14(3)9-15(4)19(18)12-22(20)21(16)11-17;1-4-5-16-6-7-17-8-9-20-18-11-14(2)10-15(3)19(18)13-22(20)21(17)12-16;1-12-9-14(3)17-11-20-18-6-4-5-13(2)15(18)7-8-19(20)16(17)10-12/h5-8,10-12,14H,9,13H2,1-4H3;5-11,13H,12H2,1-4H3;6-12H,4-5,13H2,1-3H3;4-10H,11H2,1-3H3/q4*+1. The summed E-state index contributed by atoms with van der Waals surface area (Å²) in [5.74, 6) is 1.25. The minimum Gasteiger partial charge on any atom is -0.187 e. The fourth-order valence-electron chi connectivity index (χ4n) is 14.9. The van der Waals surface area contributed by atoms with Crippen LogP contribution >= 0.6 is 0 Å². The summed E-state index contributed by atoms with van der Waals surface area (Å²) in [6.45, 7) is 35.2. The summed E-state index contributed by atoms with van der Waals surface area (Å²) in [7, 11) is 0. The number of aromatic nitrogens is 4. The van der Waals surface area contributed by atoms with Crippen LogP contribution in [0, 0.1) is 68.2 Å². The van der Waals surface area contributed by atoms with Crippen LogP contribution in [0.15, 0.2) is 170 Å². The van der Waals surface area contributed by atoms with Crippen LogP contribution in [0.3, 0.4) is 0 Å². The van der Waals surface area contributed by atoms with Crippen molar-refractivity contribution in [2.75, 3.05) is 0 Å². The third kappa shape index (κ3) is 10.6. The number of fused-ring (bicyclic) bond motifs is 20. The van der Waals surface area contributed by atoms with E-state index in [1.165, 1.54) is 184 Å². The molecular formula is C83H86N4+4.